The van der Waals surface area contributed by atoms with Gasteiger partial charge in [-0.1, -0.05) is 25.6 Å². The van der Waals surface area contributed by atoms with Gasteiger partial charge >= 0.3 is 6.09 Å². The summed E-state index contributed by atoms with van der Waals surface area (Å²) >= 11 is 0. The molecule has 0 N–H and O–H groups in total. The highest BCUT2D eigenvalue weighted by Crippen LogP contribution is 2.18. The fourth-order valence-corrected chi connectivity index (χ4v) is 2.14. The van der Waals surface area contributed by atoms with Crippen LogP contribution < -0.4 is 0 Å². The standard InChI is InChI=1S/C15H25NO2Si/c1-15(2,3)18-14(17)16-10-9-13(12-16)8-7-11-19(4,5)6/h8H,9-10,12H2,1-6H3/b13-8+. The van der Waals surface area contributed by atoms with Crippen LogP contribution in [0.2, 0.25) is 19.6 Å². The molecule has 0 unspecified atom stereocenters. The Morgan fingerprint density at radius 1 is 1.37 bits per heavy atom. The van der Waals surface area contributed by atoms with Crippen molar-refractivity contribution in [2.24, 2.45) is 0 Å². The number of rotatable bonds is 0. The van der Waals surface area contributed by atoms with Crippen molar-refractivity contribution >= 4 is 14.2 Å². The van der Waals surface area contributed by atoms with Gasteiger partial charge in [-0.2, -0.15) is 0 Å². The normalized spacial score (nSPS) is 18.2. The Kier molecular flexibility index (Phi) is 4.86. The molecule has 1 heterocycles. The van der Waals surface area contributed by atoms with Gasteiger partial charge in [0.2, 0.25) is 0 Å². The van der Waals surface area contributed by atoms with Crippen molar-refractivity contribution < 1.29 is 9.53 Å². The molecule has 1 saturated heterocycles. The average Bonchev–Trinajstić information content (AvgIpc) is 2.61. The van der Waals surface area contributed by atoms with Gasteiger partial charge in [-0.25, -0.2) is 4.79 Å². The number of hydrogen-bond donors (Lipinski definition) is 0. The molecule has 0 aromatic rings. The van der Waals surface area contributed by atoms with Crippen LogP contribution in [-0.4, -0.2) is 37.8 Å². The first kappa shape index (κ1) is 15.8. The van der Waals surface area contributed by atoms with E-state index in [1.165, 1.54) is 5.57 Å². The minimum atomic E-state index is -1.31. The molecule has 0 radical (unpaired) electrons. The van der Waals surface area contributed by atoms with E-state index in [1.54, 1.807) is 4.90 Å². The smallest absolute Gasteiger partial charge is 0.410 e. The summed E-state index contributed by atoms with van der Waals surface area (Å²) < 4.78 is 5.36. The predicted octanol–water partition coefficient (Wildman–Crippen LogP) is 3.43. The zero-order chi connectivity index (χ0) is 14.7. The minimum absolute atomic E-state index is 0.228. The van der Waals surface area contributed by atoms with E-state index in [1.807, 2.05) is 26.8 Å². The number of likely N-dealkylation sites (tertiary alicyclic amines) is 1. The molecule has 0 aliphatic carbocycles. The molecule has 19 heavy (non-hydrogen) atoms. The van der Waals surface area contributed by atoms with Gasteiger partial charge in [0.25, 0.3) is 0 Å². The van der Waals surface area contributed by atoms with Gasteiger partial charge in [-0.15, -0.1) is 5.54 Å². The largest absolute Gasteiger partial charge is 0.444 e. The number of hydrogen-bond acceptors (Lipinski definition) is 2. The summed E-state index contributed by atoms with van der Waals surface area (Å²) in [5, 5.41) is 0. The Hall–Kier alpha value is -1.21. The number of nitrogens with zero attached hydrogens (tertiary/aromatic N) is 1. The van der Waals surface area contributed by atoms with E-state index in [2.05, 4.69) is 31.1 Å². The lowest BCUT2D eigenvalue weighted by Crippen LogP contribution is -2.34. The molecule has 0 aromatic carbocycles. The van der Waals surface area contributed by atoms with E-state index in [0.29, 0.717) is 6.54 Å². The van der Waals surface area contributed by atoms with Crippen molar-refractivity contribution in [1.29, 1.82) is 0 Å². The molecule has 0 spiro atoms. The minimum Gasteiger partial charge on any atom is -0.444 e. The first-order valence-electron chi connectivity index (χ1n) is 6.75. The fourth-order valence-electron chi connectivity index (χ4n) is 1.64. The lowest BCUT2D eigenvalue weighted by Gasteiger charge is -2.23. The molecular formula is C15H25NO2Si. The molecule has 4 heteroatoms. The topological polar surface area (TPSA) is 29.5 Å². The third kappa shape index (κ3) is 6.49. The monoisotopic (exact) mass is 279 g/mol. The van der Waals surface area contributed by atoms with Crippen molar-refractivity contribution in [3.8, 4) is 11.5 Å². The van der Waals surface area contributed by atoms with Gasteiger partial charge in [0, 0.05) is 13.1 Å². The molecule has 1 aliphatic rings. The first-order chi connectivity index (χ1) is 8.57. The third-order valence-electron chi connectivity index (χ3n) is 2.47. The van der Waals surface area contributed by atoms with Crippen LogP contribution in [-0.2, 0) is 4.74 Å². The van der Waals surface area contributed by atoms with Crippen molar-refractivity contribution in [1.82, 2.24) is 4.90 Å². The molecule has 0 saturated carbocycles. The van der Waals surface area contributed by atoms with Crippen LogP contribution in [0.1, 0.15) is 27.2 Å². The van der Waals surface area contributed by atoms with Crippen molar-refractivity contribution in [2.45, 2.75) is 52.4 Å². The summed E-state index contributed by atoms with van der Waals surface area (Å²) in [6.45, 7) is 13.7. The van der Waals surface area contributed by atoms with Crippen LogP contribution in [0.4, 0.5) is 4.79 Å². The molecule has 1 rings (SSSR count). The second kappa shape index (κ2) is 5.83. The summed E-state index contributed by atoms with van der Waals surface area (Å²) in [4.78, 5) is 13.6. The van der Waals surface area contributed by atoms with Crippen molar-refractivity contribution in [3.05, 3.63) is 11.6 Å². The maximum absolute atomic E-state index is 11.9. The van der Waals surface area contributed by atoms with Crippen LogP contribution in [0.25, 0.3) is 0 Å². The average molecular weight is 279 g/mol. The zero-order valence-electron chi connectivity index (χ0n) is 13.0. The van der Waals surface area contributed by atoms with Crippen LogP contribution >= 0.6 is 0 Å². The fraction of sp³-hybridized carbons (Fsp3) is 0.667. The highest BCUT2D eigenvalue weighted by Gasteiger charge is 2.26. The summed E-state index contributed by atoms with van der Waals surface area (Å²) in [5.41, 5.74) is 4.10. The number of amides is 1. The Bertz CT molecular complexity index is 430. The van der Waals surface area contributed by atoms with Gasteiger partial charge in [-0.05, 0) is 38.8 Å². The van der Waals surface area contributed by atoms with Crippen molar-refractivity contribution in [2.75, 3.05) is 13.1 Å². The second-order valence-corrected chi connectivity index (χ2v) is 11.7. The predicted molar refractivity (Wildman–Crippen MR) is 81.6 cm³/mol. The molecular weight excluding hydrogens is 254 g/mol. The van der Waals surface area contributed by atoms with E-state index in [0.717, 1.165) is 13.0 Å². The third-order valence-corrected chi connectivity index (χ3v) is 3.37. The van der Waals surface area contributed by atoms with Gasteiger partial charge in [0.15, 0.2) is 0 Å². The molecule has 1 fully saturated rings. The van der Waals surface area contributed by atoms with Crippen LogP contribution in [0.3, 0.4) is 0 Å². The molecule has 1 amide bonds. The van der Waals surface area contributed by atoms with Crippen LogP contribution in [0, 0.1) is 11.5 Å². The van der Waals surface area contributed by atoms with E-state index in [-0.39, 0.29) is 6.09 Å². The molecule has 0 bridgehead atoms. The molecule has 0 aromatic heterocycles. The molecule has 106 valence electrons. The van der Waals surface area contributed by atoms with Crippen molar-refractivity contribution in [3.63, 3.8) is 0 Å². The van der Waals surface area contributed by atoms with E-state index in [4.69, 9.17) is 4.74 Å². The summed E-state index contributed by atoms with van der Waals surface area (Å²) in [6.07, 6.45) is 2.65. The molecule has 1 aliphatic heterocycles. The number of carbonyl (C=O) groups excluding carboxylic acids is 1. The maximum atomic E-state index is 11.9. The Morgan fingerprint density at radius 2 is 2.00 bits per heavy atom. The summed E-state index contributed by atoms with van der Waals surface area (Å²) in [7, 11) is -1.31. The lowest BCUT2D eigenvalue weighted by molar-refractivity contribution is 0.0299. The highest BCUT2D eigenvalue weighted by molar-refractivity contribution is 6.83. The molecule has 0 atom stereocenters. The van der Waals surface area contributed by atoms with E-state index >= 15 is 0 Å². The first-order valence-corrected chi connectivity index (χ1v) is 10.3. The summed E-state index contributed by atoms with van der Waals surface area (Å²) in [5.74, 6) is 3.15. The highest BCUT2D eigenvalue weighted by atomic mass is 28.3. The summed E-state index contributed by atoms with van der Waals surface area (Å²) in [6, 6.07) is 0. The second-order valence-electron chi connectivity index (χ2n) is 6.97. The van der Waals surface area contributed by atoms with E-state index < -0.39 is 13.7 Å². The maximum Gasteiger partial charge on any atom is 0.410 e. The number of carbonyl (C=O) groups is 1. The van der Waals surface area contributed by atoms with Gasteiger partial charge in [-0.3, -0.25) is 0 Å². The Morgan fingerprint density at radius 3 is 2.53 bits per heavy atom. The Balaban J connectivity index is 2.56. The SMILES string of the molecule is CC(C)(C)OC(=O)N1CC/C(=C\C#C[Si](C)(C)C)C1. The quantitative estimate of drug-likeness (QED) is 0.502. The van der Waals surface area contributed by atoms with Gasteiger partial charge in [0.1, 0.15) is 13.7 Å². The van der Waals surface area contributed by atoms with Gasteiger partial charge in [0.05, 0.1) is 0 Å². The zero-order valence-corrected chi connectivity index (χ0v) is 14.0. The molecule has 3 nitrogen and oxygen atoms in total. The van der Waals surface area contributed by atoms with Crippen LogP contribution in [0.5, 0.6) is 0 Å². The number of allylic oxidation sites excluding steroid dienone is 1. The van der Waals surface area contributed by atoms with Gasteiger partial charge < -0.3 is 9.64 Å². The van der Waals surface area contributed by atoms with E-state index in [9.17, 15) is 4.79 Å². The Labute approximate surface area is 118 Å². The van der Waals surface area contributed by atoms with Crippen LogP contribution in [0.15, 0.2) is 11.6 Å². The lowest BCUT2D eigenvalue weighted by atomic mass is 10.2. The number of ether oxygens (including phenoxy) is 1.